The predicted molar refractivity (Wildman–Crippen MR) is 83.4 cm³/mol. The fraction of sp³-hybridized carbons (Fsp3) is 0.250. The van der Waals surface area contributed by atoms with Gasteiger partial charge in [0, 0.05) is 23.2 Å². The van der Waals surface area contributed by atoms with Gasteiger partial charge in [-0.3, -0.25) is 4.40 Å². The van der Waals surface area contributed by atoms with E-state index in [9.17, 15) is 4.79 Å². The summed E-state index contributed by atoms with van der Waals surface area (Å²) >= 11 is 1.56. The van der Waals surface area contributed by atoms with Crippen LogP contribution in [-0.2, 0) is 12.8 Å². The van der Waals surface area contributed by atoms with Crippen LogP contribution in [-0.4, -0.2) is 20.5 Å². The first-order valence-electron chi connectivity index (χ1n) is 6.87. The van der Waals surface area contributed by atoms with E-state index in [2.05, 4.69) is 36.2 Å². The van der Waals surface area contributed by atoms with E-state index in [1.54, 1.807) is 17.5 Å². The number of rotatable bonds is 4. The van der Waals surface area contributed by atoms with E-state index in [1.807, 2.05) is 11.3 Å². The van der Waals surface area contributed by atoms with Gasteiger partial charge in [-0.15, -0.1) is 11.3 Å². The Balaban J connectivity index is 1.91. The van der Waals surface area contributed by atoms with E-state index in [4.69, 9.17) is 5.11 Å². The number of benzene rings is 1. The lowest BCUT2D eigenvalue weighted by Crippen LogP contribution is -1.96. The highest BCUT2D eigenvalue weighted by molar-refractivity contribution is 7.17. The zero-order chi connectivity index (χ0) is 15.0. The molecule has 0 saturated heterocycles. The quantitative estimate of drug-likeness (QED) is 0.801. The molecule has 108 valence electrons. The van der Waals surface area contributed by atoms with Gasteiger partial charge in [0.25, 0.3) is 0 Å². The molecule has 0 aliphatic heterocycles. The minimum Gasteiger partial charge on any atom is -0.476 e. The predicted octanol–water partition coefficient (Wildman–Crippen LogP) is 3.56. The number of carboxylic acid groups (broad SMARTS) is 1. The number of imidazole rings is 1. The molecule has 21 heavy (non-hydrogen) atoms. The third-order valence-electron chi connectivity index (χ3n) is 3.67. The topological polar surface area (TPSA) is 54.6 Å². The number of carbonyl (C=O) groups is 1. The Morgan fingerprint density at radius 2 is 1.95 bits per heavy atom. The fourth-order valence-corrected chi connectivity index (χ4v) is 3.48. The molecule has 0 fully saturated rings. The minimum atomic E-state index is -0.984. The highest BCUT2D eigenvalue weighted by Gasteiger charge is 2.15. The van der Waals surface area contributed by atoms with Crippen LogP contribution in [0.3, 0.4) is 0 Å². The summed E-state index contributed by atoms with van der Waals surface area (Å²) in [6.07, 6.45) is 3.49. The van der Waals surface area contributed by atoms with Gasteiger partial charge in [-0.1, -0.05) is 31.2 Å². The molecule has 0 aliphatic carbocycles. The summed E-state index contributed by atoms with van der Waals surface area (Å²) in [4.78, 5) is 17.1. The molecule has 0 radical (unpaired) electrons. The van der Waals surface area contributed by atoms with E-state index < -0.39 is 5.97 Å². The number of aryl methyl sites for hydroxylation is 2. The number of aromatic nitrogens is 2. The molecule has 0 saturated carbocycles. The Bertz CT molecular complexity index is 800. The lowest BCUT2D eigenvalue weighted by atomic mass is 10.1. The van der Waals surface area contributed by atoms with E-state index in [-0.39, 0.29) is 5.69 Å². The van der Waals surface area contributed by atoms with Crippen LogP contribution < -0.4 is 0 Å². The van der Waals surface area contributed by atoms with Gasteiger partial charge in [-0.2, -0.15) is 0 Å². The van der Waals surface area contributed by atoms with Crippen molar-refractivity contribution in [3.63, 3.8) is 0 Å². The van der Waals surface area contributed by atoms with Crippen molar-refractivity contribution in [3.8, 4) is 0 Å². The zero-order valence-electron chi connectivity index (χ0n) is 12.0. The maximum atomic E-state index is 10.9. The van der Waals surface area contributed by atoms with Gasteiger partial charge in [-0.05, 0) is 24.5 Å². The molecule has 4 nitrogen and oxygen atoms in total. The molecular formula is C16H16N2O2S. The van der Waals surface area contributed by atoms with Crippen LogP contribution in [0, 0.1) is 6.92 Å². The van der Waals surface area contributed by atoms with Gasteiger partial charge >= 0.3 is 5.97 Å². The van der Waals surface area contributed by atoms with Crippen LogP contribution in [0.2, 0.25) is 0 Å². The van der Waals surface area contributed by atoms with Crippen molar-refractivity contribution in [1.82, 2.24) is 9.38 Å². The van der Waals surface area contributed by atoms with Crippen molar-refractivity contribution in [1.29, 1.82) is 0 Å². The highest BCUT2D eigenvalue weighted by Crippen LogP contribution is 2.25. The molecule has 3 aromatic rings. The van der Waals surface area contributed by atoms with Gasteiger partial charge in [0.2, 0.25) is 0 Å². The van der Waals surface area contributed by atoms with Crippen molar-refractivity contribution in [2.24, 2.45) is 0 Å². The zero-order valence-corrected chi connectivity index (χ0v) is 12.8. The lowest BCUT2D eigenvalue weighted by molar-refractivity contribution is 0.0691. The maximum absolute atomic E-state index is 10.9. The van der Waals surface area contributed by atoms with Crippen LogP contribution in [0.4, 0.5) is 0 Å². The standard InChI is InChI=1S/C16H16N2O2S/c1-3-11-4-6-12(7-5-11)8-14-10(2)18-9-13(15(19)20)17-16(18)21-14/h4-7,9H,3,8H2,1-2H3,(H,19,20). The molecule has 0 aliphatic rings. The SMILES string of the molecule is CCc1ccc(Cc2sc3nc(C(=O)O)cn3c2C)cc1. The second kappa shape index (κ2) is 5.33. The second-order valence-electron chi connectivity index (χ2n) is 5.04. The Labute approximate surface area is 126 Å². The van der Waals surface area contributed by atoms with Gasteiger partial charge in [-0.25, -0.2) is 9.78 Å². The largest absolute Gasteiger partial charge is 0.476 e. The molecular weight excluding hydrogens is 284 g/mol. The third kappa shape index (κ3) is 2.56. The average molecular weight is 300 g/mol. The Hall–Kier alpha value is -2.14. The van der Waals surface area contributed by atoms with E-state index >= 15 is 0 Å². The molecule has 3 rings (SSSR count). The summed E-state index contributed by atoms with van der Waals surface area (Å²) in [5, 5.41) is 8.98. The average Bonchev–Trinajstić information content (AvgIpc) is 3.01. The third-order valence-corrected chi connectivity index (χ3v) is 4.82. The number of nitrogens with zero attached hydrogens (tertiary/aromatic N) is 2. The Kier molecular flexibility index (Phi) is 3.51. The summed E-state index contributed by atoms with van der Waals surface area (Å²) in [7, 11) is 0. The molecule has 0 amide bonds. The Morgan fingerprint density at radius 1 is 1.29 bits per heavy atom. The number of fused-ring (bicyclic) bond motifs is 1. The number of aromatic carboxylic acids is 1. The number of thiazole rings is 1. The van der Waals surface area contributed by atoms with Crippen molar-refractivity contribution in [2.45, 2.75) is 26.7 Å². The van der Waals surface area contributed by atoms with Gasteiger partial charge in [0.05, 0.1) is 0 Å². The summed E-state index contributed by atoms with van der Waals surface area (Å²) in [5.74, 6) is -0.984. The molecule has 1 N–H and O–H groups in total. The Morgan fingerprint density at radius 3 is 2.52 bits per heavy atom. The van der Waals surface area contributed by atoms with Crippen molar-refractivity contribution in [2.75, 3.05) is 0 Å². The van der Waals surface area contributed by atoms with Gasteiger partial charge < -0.3 is 5.11 Å². The summed E-state index contributed by atoms with van der Waals surface area (Å²) in [5.41, 5.74) is 3.76. The molecule has 2 heterocycles. The molecule has 1 aromatic carbocycles. The van der Waals surface area contributed by atoms with Crippen molar-refractivity contribution in [3.05, 3.63) is 57.9 Å². The first-order chi connectivity index (χ1) is 10.1. The summed E-state index contributed by atoms with van der Waals surface area (Å²) in [6.45, 7) is 4.15. The van der Waals surface area contributed by atoms with E-state index in [0.29, 0.717) is 0 Å². The molecule has 5 heteroatoms. The first-order valence-corrected chi connectivity index (χ1v) is 7.68. The molecule has 0 bridgehead atoms. The fourth-order valence-electron chi connectivity index (χ4n) is 2.34. The minimum absolute atomic E-state index is 0.100. The summed E-state index contributed by atoms with van der Waals surface area (Å²) in [6, 6.07) is 8.63. The van der Waals surface area contributed by atoms with Crippen LogP contribution in [0.25, 0.3) is 4.96 Å². The van der Waals surface area contributed by atoms with E-state index in [0.717, 1.165) is 23.5 Å². The van der Waals surface area contributed by atoms with Crippen LogP contribution >= 0.6 is 11.3 Å². The van der Waals surface area contributed by atoms with Gasteiger partial charge in [0.1, 0.15) is 0 Å². The van der Waals surface area contributed by atoms with E-state index in [1.165, 1.54) is 16.0 Å². The maximum Gasteiger partial charge on any atom is 0.356 e. The molecule has 0 atom stereocenters. The molecule has 0 spiro atoms. The lowest BCUT2D eigenvalue weighted by Gasteiger charge is -2.02. The van der Waals surface area contributed by atoms with Crippen LogP contribution in [0.15, 0.2) is 30.5 Å². The normalized spacial score (nSPS) is 11.1. The van der Waals surface area contributed by atoms with Crippen LogP contribution in [0.1, 0.15) is 39.1 Å². The monoisotopic (exact) mass is 300 g/mol. The number of hydrogen-bond acceptors (Lipinski definition) is 3. The van der Waals surface area contributed by atoms with Crippen LogP contribution in [0.5, 0.6) is 0 Å². The summed E-state index contributed by atoms with van der Waals surface area (Å²) < 4.78 is 1.86. The highest BCUT2D eigenvalue weighted by atomic mass is 32.1. The molecule has 0 unspecified atom stereocenters. The molecule has 2 aromatic heterocycles. The van der Waals surface area contributed by atoms with Crippen molar-refractivity contribution < 1.29 is 9.90 Å². The van der Waals surface area contributed by atoms with Crippen molar-refractivity contribution >= 4 is 22.3 Å². The second-order valence-corrected chi connectivity index (χ2v) is 6.10. The smallest absolute Gasteiger partial charge is 0.356 e. The number of hydrogen-bond donors (Lipinski definition) is 1. The van der Waals surface area contributed by atoms with Gasteiger partial charge in [0.15, 0.2) is 10.7 Å². The number of carboxylic acids is 1. The first kappa shape index (κ1) is 13.8.